The molecular formula is C25H25ClF3N3O2S. The fourth-order valence-corrected chi connectivity index (χ4v) is 5.14. The number of nitrogens with zero attached hydrogens (tertiary/aromatic N) is 2. The molecule has 1 saturated heterocycles. The van der Waals surface area contributed by atoms with Gasteiger partial charge < -0.3 is 4.74 Å². The summed E-state index contributed by atoms with van der Waals surface area (Å²) >= 11 is 7.29. The Morgan fingerprint density at radius 2 is 1.86 bits per heavy atom. The minimum absolute atomic E-state index is 0.184. The van der Waals surface area contributed by atoms with Gasteiger partial charge in [-0.2, -0.15) is 13.2 Å². The fraction of sp³-hybridized carbons (Fsp3) is 0.360. The van der Waals surface area contributed by atoms with Gasteiger partial charge >= 0.3 is 6.18 Å². The predicted molar refractivity (Wildman–Crippen MR) is 131 cm³/mol. The Kier molecular flexibility index (Phi) is 7.80. The standard InChI is InChI=1S/C25H25ClF3N3O2S/c1-15-12-32(13-16(2)34-15)14-17-3-5-18(6-4-17)23(33)31-24-30-11-21(35-24)10-19-9-20(25(27,28)29)7-8-22(19)26/h3-9,11,15-16H,10,12-14H2,1-2H3,(H,30,31,33). The molecule has 2 heterocycles. The largest absolute Gasteiger partial charge is 0.416 e. The second kappa shape index (κ2) is 10.7. The van der Waals surface area contributed by atoms with E-state index in [9.17, 15) is 18.0 Å². The molecule has 5 nitrogen and oxygen atoms in total. The van der Waals surface area contributed by atoms with Gasteiger partial charge in [-0.15, -0.1) is 11.3 Å². The topological polar surface area (TPSA) is 54.5 Å². The van der Waals surface area contributed by atoms with Crippen molar-refractivity contribution in [1.29, 1.82) is 0 Å². The number of nitrogens with one attached hydrogen (secondary N) is 1. The summed E-state index contributed by atoms with van der Waals surface area (Å²) < 4.78 is 44.8. The van der Waals surface area contributed by atoms with Crippen LogP contribution in [0.25, 0.3) is 0 Å². The first-order valence-electron chi connectivity index (χ1n) is 11.2. The first-order valence-corrected chi connectivity index (χ1v) is 12.3. The van der Waals surface area contributed by atoms with Crippen LogP contribution in [0.1, 0.15) is 45.8 Å². The molecule has 186 valence electrons. The number of halogens is 4. The van der Waals surface area contributed by atoms with E-state index in [1.165, 1.54) is 23.6 Å². The van der Waals surface area contributed by atoms with Crippen molar-refractivity contribution >= 4 is 34.0 Å². The van der Waals surface area contributed by atoms with Crippen molar-refractivity contribution in [3.05, 3.63) is 80.8 Å². The van der Waals surface area contributed by atoms with Gasteiger partial charge in [-0.1, -0.05) is 23.7 Å². The van der Waals surface area contributed by atoms with Crippen LogP contribution in [0.4, 0.5) is 18.3 Å². The number of anilines is 1. The highest BCUT2D eigenvalue weighted by atomic mass is 35.5. The van der Waals surface area contributed by atoms with E-state index in [-0.39, 0.29) is 29.6 Å². The third-order valence-electron chi connectivity index (χ3n) is 5.63. The molecule has 2 atom stereocenters. The molecule has 1 fully saturated rings. The third kappa shape index (κ3) is 6.82. The van der Waals surface area contributed by atoms with Crippen LogP contribution < -0.4 is 5.32 Å². The first-order chi connectivity index (χ1) is 16.6. The number of carbonyl (C=O) groups is 1. The molecule has 0 radical (unpaired) electrons. The van der Waals surface area contributed by atoms with Crippen molar-refractivity contribution in [3.63, 3.8) is 0 Å². The van der Waals surface area contributed by atoms with Crippen LogP contribution in [0.15, 0.2) is 48.7 Å². The second-order valence-electron chi connectivity index (χ2n) is 8.71. The van der Waals surface area contributed by atoms with Gasteiger partial charge in [0.1, 0.15) is 0 Å². The highest BCUT2D eigenvalue weighted by Crippen LogP contribution is 2.33. The first kappa shape index (κ1) is 25.6. The van der Waals surface area contributed by atoms with Crippen molar-refractivity contribution in [2.75, 3.05) is 18.4 Å². The summed E-state index contributed by atoms with van der Waals surface area (Å²) in [5.41, 5.74) is 1.20. The van der Waals surface area contributed by atoms with Crippen LogP contribution in [0.5, 0.6) is 0 Å². The Balaban J connectivity index is 1.36. The number of amides is 1. The highest BCUT2D eigenvalue weighted by Gasteiger charge is 2.31. The minimum atomic E-state index is -4.44. The number of aromatic nitrogens is 1. The number of rotatable bonds is 6. The number of thiazole rings is 1. The maximum atomic E-state index is 13.0. The quantitative estimate of drug-likeness (QED) is 0.414. The predicted octanol–water partition coefficient (Wildman–Crippen LogP) is 6.27. The average Bonchev–Trinajstić information content (AvgIpc) is 3.21. The number of benzene rings is 2. The summed E-state index contributed by atoms with van der Waals surface area (Å²) in [6.45, 7) is 6.64. The number of morpholine rings is 1. The smallest absolute Gasteiger partial charge is 0.373 e. The van der Waals surface area contributed by atoms with Gasteiger partial charge in [-0.3, -0.25) is 15.0 Å². The van der Waals surface area contributed by atoms with Crippen LogP contribution in [0.3, 0.4) is 0 Å². The van der Waals surface area contributed by atoms with Crippen LogP contribution in [0.2, 0.25) is 5.02 Å². The van der Waals surface area contributed by atoms with Crippen molar-refractivity contribution in [1.82, 2.24) is 9.88 Å². The Morgan fingerprint density at radius 3 is 2.51 bits per heavy atom. The molecule has 0 aliphatic carbocycles. The van der Waals surface area contributed by atoms with Crippen molar-refractivity contribution in [3.8, 4) is 0 Å². The number of alkyl halides is 3. The van der Waals surface area contributed by atoms with Gasteiger partial charge in [0.05, 0.1) is 17.8 Å². The zero-order chi connectivity index (χ0) is 25.2. The van der Waals surface area contributed by atoms with E-state index in [4.69, 9.17) is 16.3 Å². The van der Waals surface area contributed by atoms with Crippen LogP contribution >= 0.6 is 22.9 Å². The molecule has 1 amide bonds. The van der Waals surface area contributed by atoms with Crippen LogP contribution in [-0.4, -0.2) is 41.1 Å². The molecule has 0 saturated carbocycles. The normalized spacial score (nSPS) is 19.0. The Bertz CT molecular complexity index is 1170. The van der Waals surface area contributed by atoms with Gasteiger partial charge in [-0.25, -0.2) is 4.98 Å². The molecule has 2 unspecified atom stereocenters. The molecule has 10 heteroatoms. The summed E-state index contributed by atoms with van der Waals surface area (Å²) in [4.78, 5) is 19.9. The molecule has 3 aromatic rings. The van der Waals surface area contributed by atoms with E-state index in [2.05, 4.69) is 29.0 Å². The SMILES string of the molecule is CC1CN(Cc2ccc(C(=O)Nc3ncc(Cc4cc(C(F)(F)F)ccc4Cl)s3)cc2)CC(C)O1. The van der Waals surface area contributed by atoms with E-state index in [1.54, 1.807) is 12.1 Å². The van der Waals surface area contributed by atoms with Gasteiger partial charge in [-0.05, 0) is 55.3 Å². The lowest BCUT2D eigenvalue weighted by atomic mass is 10.1. The zero-order valence-corrected chi connectivity index (χ0v) is 20.8. The maximum absolute atomic E-state index is 13.0. The van der Waals surface area contributed by atoms with Gasteiger partial charge in [0, 0.05) is 47.7 Å². The molecule has 1 aliphatic rings. The summed E-state index contributed by atoms with van der Waals surface area (Å²) in [6, 6.07) is 10.7. The molecule has 1 aromatic heterocycles. The van der Waals surface area contributed by atoms with E-state index in [0.29, 0.717) is 21.1 Å². The summed E-state index contributed by atoms with van der Waals surface area (Å²) in [7, 11) is 0. The van der Waals surface area contributed by atoms with E-state index in [1.807, 2.05) is 12.1 Å². The van der Waals surface area contributed by atoms with Gasteiger partial charge in [0.2, 0.25) is 0 Å². The molecule has 1 N–H and O–H groups in total. The third-order valence-corrected chi connectivity index (χ3v) is 6.91. The Labute approximate surface area is 210 Å². The fourth-order valence-electron chi connectivity index (χ4n) is 4.12. The zero-order valence-electron chi connectivity index (χ0n) is 19.2. The van der Waals surface area contributed by atoms with E-state index < -0.39 is 11.7 Å². The Morgan fingerprint density at radius 1 is 1.17 bits per heavy atom. The second-order valence-corrected chi connectivity index (χ2v) is 10.2. The van der Waals surface area contributed by atoms with Crippen molar-refractivity contribution in [2.24, 2.45) is 0 Å². The monoisotopic (exact) mass is 523 g/mol. The van der Waals surface area contributed by atoms with Gasteiger partial charge in [0.25, 0.3) is 5.91 Å². The lowest BCUT2D eigenvalue weighted by molar-refractivity contribution is -0.137. The molecular weight excluding hydrogens is 499 g/mol. The average molecular weight is 524 g/mol. The number of ether oxygens (including phenoxy) is 1. The number of hydrogen-bond donors (Lipinski definition) is 1. The minimum Gasteiger partial charge on any atom is -0.373 e. The molecule has 0 bridgehead atoms. The molecule has 2 aromatic carbocycles. The lowest BCUT2D eigenvalue weighted by Gasteiger charge is -2.35. The highest BCUT2D eigenvalue weighted by molar-refractivity contribution is 7.15. The maximum Gasteiger partial charge on any atom is 0.416 e. The number of carbonyl (C=O) groups excluding carboxylic acids is 1. The Hall–Kier alpha value is -2.46. The van der Waals surface area contributed by atoms with Crippen molar-refractivity contribution < 1.29 is 22.7 Å². The summed E-state index contributed by atoms with van der Waals surface area (Å²) in [5.74, 6) is -0.303. The molecule has 0 spiro atoms. The van der Waals surface area contributed by atoms with Crippen LogP contribution in [0, 0.1) is 0 Å². The molecule has 4 rings (SSSR count). The molecule has 1 aliphatic heterocycles. The molecule has 35 heavy (non-hydrogen) atoms. The van der Waals surface area contributed by atoms with Crippen molar-refractivity contribution in [2.45, 2.75) is 45.2 Å². The van der Waals surface area contributed by atoms with Crippen LogP contribution in [-0.2, 0) is 23.9 Å². The lowest BCUT2D eigenvalue weighted by Crippen LogP contribution is -2.44. The summed E-state index contributed by atoms with van der Waals surface area (Å²) in [5, 5.41) is 3.37. The van der Waals surface area contributed by atoms with Gasteiger partial charge in [0.15, 0.2) is 5.13 Å². The summed E-state index contributed by atoms with van der Waals surface area (Å²) in [6.07, 6.45) is -2.34. The number of hydrogen-bond acceptors (Lipinski definition) is 5. The van der Waals surface area contributed by atoms with E-state index in [0.717, 1.165) is 37.3 Å². The van der Waals surface area contributed by atoms with E-state index >= 15 is 0 Å².